The molecule has 3 N–H and O–H groups in total. The average Bonchev–Trinajstić information content (AvgIpc) is 2.46. The number of nitrogens with one attached hydrogen (secondary N) is 3. The molecule has 0 spiro atoms. The maximum absolute atomic E-state index is 11.7. The molecule has 0 aliphatic rings. The summed E-state index contributed by atoms with van der Waals surface area (Å²) in [7, 11) is 1.71. The Morgan fingerprint density at radius 2 is 1.86 bits per heavy atom. The molecule has 0 saturated heterocycles. The van der Waals surface area contributed by atoms with Crippen molar-refractivity contribution < 1.29 is 4.79 Å². The van der Waals surface area contributed by atoms with E-state index in [0.717, 1.165) is 5.69 Å². The summed E-state index contributed by atoms with van der Waals surface area (Å²) in [5.41, 5.74) is 0.584. The monoisotopic (exact) mass is 419 g/mol. The number of aromatic nitrogens is 1. The second kappa shape index (κ2) is 10.4. The fourth-order valence-corrected chi connectivity index (χ4v) is 1.52. The molecule has 0 saturated carbocycles. The van der Waals surface area contributed by atoms with Gasteiger partial charge in [0.25, 0.3) is 0 Å². The second-order valence-corrected chi connectivity index (χ2v) is 5.68. The van der Waals surface area contributed by atoms with Gasteiger partial charge in [-0.25, -0.2) is 0 Å². The van der Waals surface area contributed by atoms with Crippen molar-refractivity contribution in [3.05, 3.63) is 30.1 Å². The molecule has 0 aliphatic heterocycles. The minimum Gasteiger partial charge on any atom is -0.355 e. The topological polar surface area (TPSA) is 78.4 Å². The molecular weight excluding hydrogens is 393 g/mol. The minimum atomic E-state index is -0.362. The summed E-state index contributed by atoms with van der Waals surface area (Å²) >= 11 is 0. The molecule has 6 nitrogen and oxygen atoms in total. The zero-order valence-corrected chi connectivity index (χ0v) is 16.0. The molecule has 0 bridgehead atoms. The van der Waals surface area contributed by atoms with E-state index in [1.165, 1.54) is 0 Å². The van der Waals surface area contributed by atoms with Gasteiger partial charge in [-0.2, -0.15) is 0 Å². The predicted molar refractivity (Wildman–Crippen MR) is 100 cm³/mol. The fraction of sp³-hybridized carbons (Fsp3) is 0.533. The third-order valence-corrected chi connectivity index (χ3v) is 2.77. The van der Waals surface area contributed by atoms with Crippen LogP contribution < -0.4 is 16.0 Å². The zero-order valence-electron chi connectivity index (χ0n) is 13.6. The molecule has 0 radical (unpaired) electrons. The standard InChI is InChI=1S/C15H25N5O.HI/c1-15(2,3)13(21)18-9-10-19-14(16-4)20-11-12-7-5-6-8-17-12;/h5-8H,9-11H2,1-4H3,(H,18,21)(H2,16,19,20);1H. The third-order valence-electron chi connectivity index (χ3n) is 2.77. The van der Waals surface area contributed by atoms with Gasteiger partial charge in [0.1, 0.15) is 0 Å². The molecule has 1 aromatic heterocycles. The number of carbonyl (C=O) groups excluding carboxylic acids is 1. The second-order valence-electron chi connectivity index (χ2n) is 5.68. The SMILES string of the molecule is CN=C(NCCNC(=O)C(C)(C)C)NCc1ccccn1.I. The number of rotatable bonds is 5. The first-order valence-electron chi connectivity index (χ1n) is 7.06. The van der Waals surface area contributed by atoms with Gasteiger partial charge in [0.05, 0.1) is 12.2 Å². The van der Waals surface area contributed by atoms with Crippen LogP contribution >= 0.6 is 24.0 Å². The van der Waals surface area contributed by atoms with E-state index in [1.807, 2.05) is 39.0 Å². The summed E-state index contributed by atoms with van der Waals surface area (Å²) in [5.74, 6) is 0.728. The number of nitrogens with zero attached hydrogens (tertiary/aromatic N) is 2. The molecule has 1 heterocycles. The molecule has 0 atom stereocenters. The van der Waals surface area contributed by atoms with Gasteiger partial charge >= 0.3 is 0 Å². The van der Waals surface area contributed by atoms with Crippen molar-refractivity contribution in [2.75, 3.05) is 20.1 Å². The third kappa shape index (κ3) is 8.16. The maximum atomic E-state index is 11.7. The van der Waals surface area contributed by atoms with Gasteiger partial charge in [0.2, 0.25) is 5.91 Å². The summed E-state index contributed by atoms with van der Waals surface area (Å²) in [6.45, 7) is 7.45. The number of amides is 1. The predicted octanol–water partition coefficient (Wildman–Crippen LogP) is 1.53. The van der Waals surface area contributed by atoms with Gasteiger partial charge in [-0.15, -0.1) is 24.0 Å². The molecule has 0 fully saturated rings. The van der Waals surface area contributed by atoms with Gasteiger partial charge in [0, 0.05) is 31.7 Å². The van der Waals surface area contributed by atoms with Gasteiger partial charge < -0.3 is 16.0 Å². The zero-order chi connectivity index (χ0) is 15.7. The van der Waals surface area contributed by atoms with Crippen molar-refractivity contribution in [2.24, 2.45) is 10.4 Å². The van der Waals surface area contributed by atoms with Crippen LogP contribution in [0.4, 0.5) is 0 Å². The molecular formula is C15H26IN5O. The van der Waals surface area contributed by atoms with Gasteiger partial charge in [0.15, 0.2) is 5.96 Å². The van der Waals surface area contributed by atoms with Crippen molar-refractivity contribution >= 4 is 35.8 Å². The number of pyridine rings is 1. The van der Waals surface area contributed by atoms with Crippen molar-refractivity contribution in [1.82, 2.24) is 20.9 Å². The molecule has 0 aliphatic carbocycles. The maximum Gasteiger partial charge on any atom is 0.225 e. The lowest BCUT2D eigenvalue weighted by Crippen LogP contribution is -2.43. The summed E-state index contributed by atoms with van der Waals surface area (Å²) in [6.07, 6.45) is 1.76. The average molecular weight is 419 g/mol. The van der Waals surface area contributed by atoms with Crippen LogP contribution in [0.2, 0.25) is 0 Å². The lowest BCUT2D eigenvalue weighted by Gasteiger charge is -2.18. The Morgan fingerprint density at radius 1 is 1.18 bits per heavy atom. The van der Waals surface area contributed by atoms with E-state index in [2.05, 4.69) is 25.9 Å². The van der Waals surface area contributed by atoms with Crippen LogP contribution in [0.25, 0.3) is 0 Å². The number of carbonyl (C=O) groups is 1. The van der Waals surface area contributed by atoms with E-state index in [0.29, 0.717) is 25.6 Å². The summed E-state index contributed by atoms with van der Waals surface area (Å²) in [6, 6.07) is 5.78. The fourth-order valence-electron chi connectivity index (χ4n) is 1.52. The lowest BCUT2D eigenvalue weighted by molar-refractivity contribution is -0.128. The van der Waals surface area contributed by atoms with Crippen molar-refractivity contribution in [2.45, 2.75) is 27.3 Å². The molecule has 22 heavy (non-hydrogen) atoms. The van der Waals surface area contributed by atoms with E-state index < -0.39 is 0 Å². The summed E-state index contributed by atoms with van der Waals surface area (Å²) < 4.78 is 0. The highest BCUT2D eigenvalue weighted by atomic mass is 127. The Morgan fingerprint density at radius 3 is 2.41 bits per heavy atom. The smallest absolute Gasteiger partial charge is 0.225 e. The molecule has 1 amide bonds. The molecule has 0 aromatic carbocycles. The Labute approximate surface area is 149 Å². The van der Waals surface area contributed by atoms with E-state index in [1.54, 1.807) is 13.2 Å². The number of hydrogen-bond donors (Lipinski definition) is 3. The highest BCUT2D eigenvalue weighted by Gasteiger charge is 2.20. The molecule has 0 unspecified atom stereocenters. The van der Waals surface area contributed by atoms with Crippen molar-refractivity contribution in [3.8, 4) is 0 Å². The van der Waals surface area contributed by atoms with E-state index in [4.69, 9.17) is 0 Å². The minimum absolute atomic E-state index is 0. The Kier molecular flexibility index (Phi) is 9.71. The highest BCUT2D eigenvalue weighted by molar-refractivity contribution is 14.0. The van der Waals surface area contributed by atoms with Gasteiger partial charge in [-0.05, 0) is 12.1 Å². The van der Waals surface area contributed by atoms with Crippen LogP contribution in [0.1, 0.15) is 26.5 Å². The largest absolute Gasteiger partial charge is 0.355 e. The first kappa shape index (κ1) is 20.6. The van der Waals surface area contributed by atoms with Crippen LogP contribution in [0, 0.1) is 5.41 Å². The van der Waals surface area contributed by atoms with Gasteiger partial charge in [-0.1, -0.05) is 26.8 Å². The quantitative estimate of drug-likeness (QED) is 0.293. The van der Waals surface area contributed by atoms with Crippen LogP contribution in [0.3, 0.4) is 0 Å². The first-order valence-corrected chi connectivity index (χ1v) is 7.06. The normalized spacial score (nSPS) is 11.4. The van der Waals surface area contributed by atoms with Crippen LogP contribution in [0.15, 0.2) is 29.4 Å². The Balaban J connectivity index is 0.00000441. The summed E-state index contributed by atoms with van der Waals surface area (Å²) in [4.78, 5) is 20.0. The van der Waals surface area contributed by atoms with Crippen molar-refractivity contribution in [3.63, 3.8) is 0 Å². The molecule has 7 heteroatoms. The first-order chi connectivity index (χ1) is 9.93. The van der Waals surface area contributed by atoms with Gasteiger partial charge in [-0.3, -0.25) is 14.8 Å². The lowest BCUT2D eigenvalue weighted by atomic mass is 9.96. The number of hydrogen-bond acceptors (Lipinski definition) is 3. The van der Waals surface area contributed by atoms with Crippen LogP contribution in [-0.2, 0) is 11.3 Å². The Bertz CT molecular complexity index is 471. The highest BCUT2D eigenvalue weighted by Crippen LogP contribution is 2.11. The number of aliphatic imine (C=N–C) groups is 1. The number of halogens is 1. The van der Waals surface area contributed by atoms with E-state index in [9.17, 15) is 4.79 Å². The van der Waals surface area contributed by atoms with Crippen LogP contribution in [-0.4, -0.2) is 37.0 Å². The van der Waals surface area contributed by atoms with Crippen LogP contribution in [0.5, 0.6) is 0 Å². The molecule has 124 valence electrons. The summed E-state index contributed by atoms with van der Waals surface area (Å²) in [5, 5.41) is 9.19. The molecule has 1 rings (SSSR count). The molecule has 1 aromatic rings. The number of guanidine groups is 1. The van der Waals surface area contributed by atoms with Crippen molar-refractivity contribution in [1.29, 1.82) is 0 Å². The van der Waals surface area contributed by atoms with E-state index in [-0.39, 0.29) is 35.3 Å². The Hall–Kier alpha value is -1.38. The van der Waals surface area contributed by atoms with E-state index >= 15 is 0 Å².